The van der Waals surface area contributed by atoms with Gasteiger partial charge in [0.1, 0.15) is 54.9 Å². The molecule has 534 valence electrons. The van der Waals surface area contributed by atoms with Gasteiger partial charge in [-0.1, -0.05) is 256 Å². The van der Waals surface area contributed by atoms with E-state index >= 15 is 0 Å². The van der Waals surface area contributed by atoms with Crippen LogP contribution < -0.4 is 0 Å². The topological polar surface area (TPSA) is 156 Å². The SMILES string of the molecule is C=CCCCO[C@@H]1OC(COCc2ccccc2)[C@H](OCc2ccccc2)[C@H](OCc2ccccc2)C1O[C@@H]1OC(COCc2ccccc2)[C@H](O[C@@H]2OC(COCc3ccccc3)[C@H](OCc3ccccc3)[C@H](OCc3ccccc3)C2OC(=O)C(C)(C)C)[C@@H](OCc2ccccc2)C1C. The van der Waals surface area contributed by atoms with Gasteiger partial charge in [0.05, 0.1) is 90.8 Å². The molecule has 3 heterocycles. The summed E-state index contributed by atoms with van der Waals surface area (Å²) in [4.78, 5) is 14.8. The van der Waals surface area contributed by atoms with Gasteiger partial charge in [-0.05, 0) is 78.1 Å². The highest BCUT2D eigenvalue weighted by molar-refractivity contribution is 5.75. The quantitative estimate of drug-likeness (QED) is 0.0206. The van der Waals surface area contributed by atoms with Crippen molar-refractivity contribution in [3.05, 3.63) is 300 Å². The van der Waals surface area contributed by atoms with Crippen LogP contribution in [0.2, 0.25) is 0 Å². The summed E-state index contributed by atoms with van der Waals surface area (Å²) in [5.74, 6) is -1.16. The van der Waals surface area contributed by atoms with Crippen molar-refractivity contribution in [3.8, 4) is 0 Å². The number of esters is 1. The zero-order valence-electron chi connectivity index (χ0n) is 58.5. The number of carbonyl (C=O) groups excluding carboxylic acids is 1. The van der Waals surface area contributed by atoms with Crippen LogP contribution in [0.5, 0.6) is 0 Å². The fourth-order valence-corrected chi connectivity index (χ4v) is 12.5. The van der Waals surface area contributed by atoms with Crippen LogP contribution in [-0.2, 0) is 129 Å². The van der Waals surface area contributed by atoms with E-state index in [0.717, 1.165) is 44.5 Å². The Bertz CT molecular complexity index is 3600. The molecule has 0 radical (unpaired) electrons. The average molecular weight is 1380 g/mol. The molecule has 11 rings (SSSR count). The van der Waals surface area contributed by atoms with E-state index in [9.17, 15) is 4.79 Å². The lowest BCUT2D eigenvalue weighted by Crippen LogP contribution is -2.66. The van der Waals surface area contributed by atoms with E-state index in [1.54, 1.807) is 0 Å². The van der Waals surface area contributed by atoms with Crippen LogP contribution in [0.15, 0.2) is 255 Å². The zero-order valence-corrected chi connectivity index (χ0v) is 58.5. The van der Waals surface area contributed by atoms with Crippen molar-refractivity contribution in [2.75, 3.05) is 26.4 Å². The van der Waals surface area contributed by atoms with E-state index in [1.807, 2.05) is 276 Å². The summed E-state index contributed by atoms with van der Waals surface area (Å²) in [6.07, 6.45) is -10.5. The Kier molecular flexibility index (Phi) is 28.9. The Hall–Kier alpha value is -7.59. The Labute approximate surface area is 595 Å². The number of benzene rings is 8. The van der Waals surface area contributed by atoms with Gasteiger partial charge >= 0.3 is 5.97 Å². The highest BCUT2D eigenvalue weighted by Crippen LogP contribution is 2.41. The van der Waals surface area contributed by atoms with Gasteiger partial charge in [0.2, 0.25) is 0 Å². The molecule has 0 spiro atoms. The molecule has 16 heteroatoms. The standard InChI is InChI=1S/C85H98O16/c1-6-7-32-49-90-82-79(77(94-56-68-45-28-14-29-46-68)74(92-54-66-41-24-12-25-42-66)70(97-82)58-87-50-62-33-16-8-17-34-62)100-81-61(2)73(91-53-65-39-22-11-23-40-65)76(72(96-81)60-89-52-64-37-20-10-21-38-64)99-83-80(101-84(86)85(3,4)5)78(95-57-69-47-30-15-31-48-69)75(93-55-67-43-26-13-27-44-67)71(98-83)59-88-51-63-35-18-9-19-36-63/h6,8-31,33-48,61,70-83H,1,7,32,49-60H2,2-5H3/t61?,70?,71?,72?,73-,74-,75-,76-,77-,78-,79?,80?,81-,82+,83-/m0/s1. The minimum absolute atomic E-state index is 0.0307. The third-order valence-electron chi connectivity index (χ3n) is 18.0. The number of ether oxygens (including phenoxy) is 15. The molecule has 6 unspecified atom stereocenters. The van der Waals surface area contributed by atoms with E-state index < -0.39 is 103 Å². The van der Waals surface area contributed by atoms with Crippen molar-refractivity contribution in [2.45, 2.75) is 179 Å². The zero-order chi connectivity index (χ0) is 69.9. The molecule has 0 amide bonds. The van der Waals surface area contributed by atoms with Gasteiger partial charge in [-0.3, -0.25) is 4.79 Å². The Morgan fingerprint density at radius 2 is 0.653 bits per heavy atom. The van der Waals surface area contributed by atoms with Crippen molar-refractivity contribution in [1.29, 1.82) is 0 Å². The second kappa shape index (κ2) is 39.2. The maximum Gasteiger partial charge on any atom is 0.311 e. The predicted molar refractivity (Wildman–Crippen MR) is 383 cm³/mol. The van der Waals surface area contributed by atoms with Gasteiger partial charge in [-0.15, -0.1) is 6.58 Å². The van der Waals surface area contributed by atoms with E-state index in [4.69, 9.17) is 71.1 Å². The largest absolute Gasteiger partial charge is 0.454 e. The molecule has 3 aliphatic rings. The lowest BCUT2D eigenvalue weighted by atomic mass is 9.90. The molecule has 3 saturated heterocycles. The Morgan fingerprint density at radius 3 is 1.01 bits per heavy atom. The molecule has 0 aliphatic carbocycles. The van der Waals surface area contributed by atoms with E-state index in [2.05, 4.69) is 6.58 Å². The first-order chi connectivity index (χ1) is 49.5. The number of hydrogen-bond acceptors (Lipinski definition) is 16. The number of carbonyl (C=O) groups is 1. The fraction of sp³-hybridized carbons (Fsp3) is 0.400. The van der Waals surface area contributed by atoms with Crippen LogP contribution in [0.25, 0.3) is 0 Å². The van der Waals surface area contributed by atoms with Crippen molar-refractivity contribution >= 4 is 5.97 Å². The summed E-state index contributed by atoms with van der Waals surface area (Å²) in [6.45, 7) is 13.6. The van der Waals surface area contributed by atoms with E-state index in [0.29, 0.717) is 26.1 Å². The predicted octanol–water partition coefficient (Wildman–Crippen LogP) is 15.1. The summed E-state index contributed by atoms with van der Waals surface area (Å²) in [5, 5.41) is 0. The maximum atomic E-state index is 14.8. The van der Waals surface area contributed by atoms with Crippen molar-refractivity contribution in [2.24, 2.45) is 11.3 Å². The molecule has 8 aromatic rings. The van der Waals surface area contributed by atoms with E-state index in [1.165, 1.54) is 0 Å². The second-order valence-electron chi connectivity index (χ2n) is 26.9. The summed E-state index contributed by atoms with van der Waals surface area (Å²) in [7, 11) is 0. The fourth-order valence-electron chi connectivity index (χ4n) is 12.5. The van der Waals surface area contributed by atoms with Gasteiger partial charge < -0.3 is 71.1 Å². The molecule has 8 aromatic carbocycles. The summed E-state index contributed by atoms with van der Waals surface area (Å²) >= 11 is 0. The van der Waals surface area contributed by atoms with Crippen molar-refractivity contribution in [3.63, 3.8) is 0 Å². The smallest absolute Gasteiger partial charge is 0.311 e. The molecule has 3 fully saturated rings. The van der Waals surface area contributed by atoms with Gasteiger partial charge in [0.25, 0.3) is 0 Å². The molecule has 3 aliphatic heterocycles. The molecule has 0 saturated carbocycles. The van der Waals surface area contributed by atoms with Crippen molar-refractivity contribution < 1.29 is 75.8 Å². The molecule has 15 atom stereocenters. The van der Waals surface area contributed by atoms with Crippen LogP contribution in [0.4, 0.5) is 0 Å². The lowest BCUT2D eigenvalue weighted by Gasteiger charge is -2.51. The van der Waals surface area contributed by atoms with Crippen LogP contribution in [0.3, 0.4) is 0 Å². The highest BCUT2D eigenvalue weighted by atomic mass is 16.8. The normalized spacial score (nSPS) is 25.3. The van der Waals surface area contributed by atoms with Gasteiger partial charge in [0, 0.05) is 5.92 Å². The van der Waals surface area contributed by atoms with E-state index in [-0.39, 0.29) is 66.1 Å². The van der Waals surface area contributed by atoms with Gasteiger partial charge in [-0.25, -0.2) is 0 Å². The summed E-state index contributed by atoms with van der Waals surface area (Å²) < 4.78 is 107. The van der Waals surface area contributed by atoms with Gasteiger partial charge in [-0.2, -0.15) is 0 Å². The molecule has 0 bridgehead atoms. The number of rotatable bonds is 37. The molecule has 16 nitrogen and oxygen atoms in total. The van der Waals surface area contributed by atoms with Crippen LogP contribution in [0, 0.1) is 11.3 Å². The summed E-state index contributed by atoms with van der Waals surface area (Å²) in [5.41, 5.74) is 6.56. The Balaban J connectivity index is 0.997. The minimum Gasteiger partial charge on any atom is -0.454 e. The third-order valence-corrected chi connectivity index (χ3v) is 18.0. The molecule has 0 N–H and O–H groups in total. The molecular formula is C85H98O16. The number of hydrogen-bond donors (Lipinski definition) is 0. The van der Waals surface area contributed by atoms with Crippen LogP contribution >= 0.6 is 0 Å². The maximum absolute atomic E-state index is 14.8. The second-order valence-corrected chi connectivity index (χ2v) is 26.9. The molecular weight excluding hydrogens is 1280 g/mol. The molecule has 101 heavy (non-hydrogen) atoms. The first-order valence-corrected chi connectivity index (χ1v) is 35.4. The highest BCUT2D eigenvalue weighted by Gasteiger charge is 2.57. The molecule has 0 aromatic heterocycles. The van der Waals surface area contributed by atoms with Crippen LogP contribution in [-0.4, -0.2) is 118 Å². The first kappa shape index (κ1) is 74.6. The Morgan fingerprint density at radius 1 is 0.356 bits per heavy atom. The summed E-state index contributed by atoms with van der Waals surface area (Å²) in [6, 6.07) is 79.6. The monoisotopic (exact) mass is 1370 g/mol. The number of allylic oxidation sites excluding steroid dienone is 1. The third kappa shape index (κ3) is 22.5. The van der Waals surface area contributed by atoms with Gasteiger partial charge in [0.15, 0.2) is 25.0 Å². The first-order valence-electron chi connectivity index (χ1n) is 35.4. The van der Waals surface area contributed by atoms with Crippen LogP contribution in [0.1, 0.15) is 85.0 Å². The minimum atomic E-state index is -1.36. The number of unbranched alkanes of at least 4 members (excludes halogenated alkanes) is 1. The van der Waals surface area contributed by atoms with Crippen molar-refractivity contribution in [1.82, 2.24) is 0 Å². The lowest BCUT2D eigenvalue weighted by molar-refractivity contribution is -0.388. The average Bonchev–Trinajstić information content (AvgIpc) is 0.769.